The van der Waals surface area contributed by atoms with Crippen LogP contribution in [-0.2, 0) is 30.9 Å². The number of fused-ring (bicyclic) bond motifs is 20. The van der Waals surface area contributed by atoms with Gasteiger partial charge in [0.05, 0.1) is 88.0 Å². The number of hydrogen-bond donors (Lipinski definition) is 4. The van der Waals surface area contributed by atoms with Gasteiger partial charge in [0.25, 0.3) is 6.43 Å². The highest BCUT2D eigenvalue weighted by molar-refractivity contribution is 6.30. The second-order valence-corrected chi connectivity index (χ2v) is 45.4. The highest BCUT2D eigenvalue weighted by Gasteiger charge is 2.64. The molecule has 666 valence electrons. The Labute approximate surface area is 732 Å². The fraction of sp³-hybridized carbons (Fsp3) is 0.804. The topological polar surface area (TPSA) is 213 Å². The Kier molecular flexibility index (Phi) is 25.0. The molecule has 0 spiro atoms. The summed E-state index contributed by atoms with van der Waals surface area (Å²) in [5.74, 6) is 27.4. The minimum absolute atomic E-state index is 0.271. The number of nitrogens with zero attached hydrogens (tertiary/aromatic N) is 12. The summed E-state index contributed by atoms with van der Waals surface area (Å²) in [7, 11) is 1.72. The van der Waals surface area contributed by atoms with Crippen LogP contribution in [0.5, 0.6) is 0 Å². The van der Waals surface area contributed by atoms with Gasteiger partial charge in [-0.3, -0.25) is 0 Å². The average molecular weight is 1690 g/mol. The zero-order valence-corrected chi connectivity index (χ0v) is 75.3. The van der Waals surface area contributed by atoms with Gasteiger partial charge in [0.1, 0.15) is 16.8 Å². The standard InChI is InChI=1S/C28H39N3O.C25H34ClN3O.C25H39N3O2.C24H35F2N3O/c1-19(18-31-29-15-16-30-31)25-7-8-26-24-6-5-21-17-28(32,13-9-20-3-4-20)14-11-22(21)23(24)10-12-27(25,26)2;1-17(16-29-27-13-14-28-29)22-5-6-23-21-4-3-18-15-25(30,11-12-26)10-8-19(18)20(21)7-9-24(22,23)2;1-17(15-28-26-12-13-27-28)22-6-7-23-21-5-4-18-14-25(29,16-30-3)11-9-19(18)20(21)8-10-24(22,23)2;1-15(14-29-27-11-12-28-29)20-5-6-21-19-4-3-16-13-24(30,22(25)26)10-8-17(16)18(19)7-9-23(20,21)2/h15-16,20-26,32H,1,3-8,10-12,14,17-18H2,2H3;13-14,18-23,30H,1,3-10,15-16H2,2H3;12-13,18-23,29H,1,4-11,14-16H2,2-3H3;11-12,16-22,30H,1,3-10,13-14H2,2H3/t21-,22-,23+,24+,25+,26-,27+,28+;18-,19-,20+,21+,22+,23-,24+,25-;18-,19-,20+,21+,22+,23-,24+,25+;16-,17-,18+,19+,20+,21-,23+,24+/m0000/s1. The van der Waals surface area contributed by atoms with E-state index in [4.69, 9.17) is 16.3 Å². The van der Waals surface area contributed by atoms with Crippen LogP contribution >= 0.6 is 11.6 Å². The predicted octanol–water partition coefficient (Wildman–Crippen LogP) is 19.9. The minimum atomic E-state index is -2.61. The Bertz CT molecular complexity index is 4440. The van der Waals surface area contributed by atoms with Gasteiger partial charge in [-0.2, -0.15) is 60.0 Å². The van der Waals surface area contributed by atoms with Crippen LogP contribution in [0.2, 0.25) is 0 Å². The summed E-state index contributed by atoms with van der Waals surface area (Å²) in [5, 5.41) is 80.2. The molecule has 17 aliphatic rings. The molecule has 20 heteroatoms. The lowest BCUT2D eigenvalue weighted by atomic mass is 9.48. The van der Waals surface area contributed by atoms with Crippen molar-refractivity contribution >= 4 is 11.6 Å². The molecule has 122 heavy (non-hydrogen) atoms. The molecule has 4 aromatic heterocycles. The van der Waals surface area contributed by atoms with E-state index in [1.54, 1.807) is 75.9 Å². The van der Waals surface area contributed by atoms with Crippen LogP contribution in [0, 0.1) is 193 Å². The molecule has 0 amide bonds. The number of aliphatic hydroxyl groups is 4. The van der Waals surface area contributed by atoms with Crippen LogP contribution in [0.25, 0.3) is 0 Å². The Hall–Kier alpha value is -5.41. The lowest BCUT2D eigenvalue weighted by Crippen LogP contribution is -2.52. The van der Waals surface area contributed by atoms with E-state index < -0.39 is 28.8 Å². The van der Waals surface area contributed by atoms with E-state index in [9.17, 15) is 29.2 Å². The molecular formula is C102H147ClF2N12O5. The third kappa shape index (κ3) is 16.7. The molecule has 17 fully saturated rings. The zero-order chi connectivity index (χ0) is 84.9. The maximum atomic E-state index is 13.4. The molecule has 17 aliphatic carbocycles. The van der Waals surface area contributed by atoms with E-state index in [0.29, 0.717) is 107 Å². The first-order valence-corrected chi connectivity index (χ1v) is 49.4. The molecule has 4 aromatic rings. The van der Waals surface area contributed by atoms with Crippen LogP contribution in [-0.4, -0.2) is 123 Å². The van der Waals surface area contributed by atoms with Crippen LogP contribution in [0.4, 0.5) is 8.78 Å². The van der Waals surface area contributed by atoms with Crippen molar-refractivity contribution < 1.29 is 33.9 Å². The molecule has 0 unspecified atom stereocenters. The smallest absolute Gasteiger partial charge is 0.266 e. The number of ether oxygens (including phenoxy) is 1. The van der Waals surface area contributed by atoms with Crippen LogP contribution in [0.3, 0.4) is 0 Å². The molecule has 21 rings (SSSR count). The summed E-state index contributed by atoms with van der Waals surface area (Å²) < 4.78 is 32.2. The lowest BCUT2D eigenvalue weighted by molar-refractivity contribution is -0.159. The molecule has 32 atom stereocenters. The zero-order valence-electron chi connectivity index (χ0n) is 74.6. The van der Waals surface area contributed by atoms with E-state index in [1.807, 2.05) is 0 Å². The molecule has 4 N–H and O–H groups in total. The van der Waals surface area contributed by atoms with E-state index in [-0.39, 0.29) is 17.8 Å². The van der Waals surface area contributed by atoms with Crippen molar-refractivity contribution in [2.75, 3.05) is 13.7 Å². The maximum absolute atomic E-state index is 13.4. The normalized spacial score (nSPS) is 45.3. The van der Waals surface area contributed by atoms with Gasteiger partial charge in [-0.05, 0) is 419 Å². The fourth-order valence-electron chi connectivity index (χ4n) is 34.2. The Morgan fingerprint density at radius 3 is 0.975 bits per heavy atom. The van der Waals surface area contributed by atoms with Gasteiger partial charge in [0.15, 0.2) is 0 Å². The fourth-order valence-corrected chi connectivity index (χ4v) is 34.3. The number of methoxy groups -OCH3 is 1. The summed E-state index contributed by atoms with van der Waals surface area (Å²) in [6.07, 6.45) is 54.8. The van der Waals surface area contributed by atoms with Gasteiger partial charge in [0, 0.05) is 18.4 Å². The van der Waals surface area contributed by atoms with Gasteiger partial charge in [-0.1, -0.05) is 94.1 Å². The first-order chi connectivity index (χ1) is 58.6. The molecule has 0 aliphatic heterocycles. The summed E-state index contributed by atoms with van der Waals surface area (Å²) in [5.41, 5.74) is 2.79. The Morgan fingerprint density at radius 1 is 0.369 bits per heavy atom. The van der Waals surface area contributed by atoms with Gasteiger partial charge >= 0.3 is 0 Å². The van der Waals surface area contributed by atoms with E-state index >= 15 is 0 Å². The van der Waals surface area contributed by atoms with Gasteiger partial charge in [-0.25, -0.2) is 8.78 Å². The largest absolute Gasteiger partial charge is 0.387 e. The molecule has 17 nitrogen and oxygen atoms in total. The summed E-state index contributed by atoms with van der Waals surface area (Å²) >= 11 is 5.63. The van der Waals surface area contributed by atoms with Crippen molar-refractivity contribution in [1.29, 1.82) is 0 Å². The van der Waals surface area contributed by atoms with Crippen LogP contribution in [0.1, 0.15) is 272 Å². The second-order valence-electron chi connectivity index (χ2n) is 45.2. The van der Waals surface area contributed by atoms with Crippen molar-refractivity contribution in [1.82, 2.24) is 60.0 Å². The maximum Gasteiger partial charge on any atom is 0.266 e. The van der Waals surface area contributed by atoms with Crippen LogP contribution in [0.15, 0.2) is 98.2 Å². The predicted molar refractivity (Wildman–Crippen MR) is 471 cm³/mol. The third-order valence-electron chi connectivity index (χ3n) is 39.6. The minimum Gasteiger partial charge on any atom is -0.387 e. The van der Waals surface area contributed by atoms with Crippen molar-refractivity contribution in [3.63, 3.8) is 0 Å². The van der Waals surface area contributed by atoms with Crippen molar-refractivity contribution in [2.24, 2.45) is 170 Å². The molecule has 0 aromatic carbocycles. The van der Waals surface area contributed by atoms with Crippen LogP contribution < -0.4 is 0 Å². The number of allylic oxidation sites excluding steroid dienone is 4. The molecule has 0 radical (unpaired) electrons. The molecule has 0 saturated heterocycles. The average Bonchev–Trinajstić information content (AvgIpc) is 1.49. The molecule has 4 heterocycles. The Morgan fingerprint density at radius 2 is 0.664 bits per heavy atom. The van der Waals surface area contributed by atoms with E-state index in [1.165, 1.54) is 189 Å². The van der Waals surface area contributed by atoms with Gasteiger partial charge < -0.3 is 25.2 Å². The number of aromatic nitrogens is 12. The first kappa shape index (κ1) is 87.3. The van der Waals surface area contributed by atoms with Crippen molar-refractivity contribution in [3.8, 4) is 23.1 Å². The third-order valence-corrected chi connectivity index (χ3v) is 39.7. The molecule has 17 saturated carbocycles. The highest BCUT2D eigenvalue weighted by Crippen LogP contribution is 2.71. The van der Waals surface area contributed by atoms with Gasteiger partial charge in [0.2, 0.25) is 0 Å². The quantitative estimate of drug-likeness (QED) is 0.0645. The highest BCUT2D eigenvalue weighted by atomic mass is 35.5. The van der Waals surface area contributed by atoms with E-state index in [2.05, 4.69) is 118 Å². The number of alkyl halides is 2. The van der Waals surface area contributed by atoms with E-state index in [0.717, 1.165) is 155 Å². The SMILES string of the molecule is C=C(Cn1nccn1)[C@H]1CC[C@H]2[C@@H]3CC[C@H]4C[C@@](O)(C#CC5CC5)CC[C@@H]4[C@H]3CC[C@]12C.C=C(Cn1nccn1)[C@H]1CC[C@H]2[C@@H]3CC[C@H]4C[C@@](O)(C#CCl)CC[C@@H]4[C@H]3CC[C@]12C.C=C(Cn1nccn1)[C@H]1CC[C@H]2[C@@H]3CC[C@H]4C[C@@](O)(C(F)F)CC[C@@H]4[C@H]3CC[C@]12C.C=C(Cn1nccn1)[C@H]1CC[C@H]2[C@@H]3CC[C@H]4C[C@@](O)(COC)CC[C@@H]4[C@H]3CC[C@]12C. The monoisotopic (exact) mass is 1690 g/mol. The lowest BCUT2D eigenvalue weighted by Gasteiger charge is -2.57. The molecular weight excluding hydrogens is 1550 g/mol. The Balaban J connectivity index is 0.000000111. The van der Waals surface area contributed by atoms with Crippen molar-refractivity contribution in [3.05, 3.63) is 98.2 Å². The molecule has 0 bridgehead atoms. The second kappa shape index (κ2) is 34.9. The summed E-state index contributed by atoms with van der Waals surface area (Å²) in [6.45, 7) is 31.6. The number of halogens is 3. The summed E-state index contributed by atoms with van der Waals surface area (Å²) in [4.78, 5) is 7.11. The first-order valence-electron chi connectivity index (χ1n) is 49.0. The number of hydrogen-bond acceptors (Lipinski definition) is 13. The van der Waals surface area contributed by atoms with Crippen molar-refractivity contribution in [2.45, 2.75) is 327 Å². The van der Waals surface area contributed by atoms with Gasteiger partial charge in [-0.15, -0.1) is 0 Å². The summed E-state index contributed by atoms with van der Waals surface area (Å²) in [6, 6.07) is 0. The number of rotatable bonds is 15.